The van der Waals surface area contributed by atoms with Crippen molar-refractivity contribution >= 4 is 11.6 Å². The number of nitrogens with one attached hydrogen (secondary N) is 1. The molecule has 22 heavy (non-hydrogen) atoms. The number of amides is 1. The Labute approximate surface area is 129 Å². The fourth-order valence-electron chi connectivity index (χ4n) is 2.06. The highest BCUT2D eigenvalue weighted by Crippen LogP contribution is 2.34. The van der Waals surface area contributed by atoms with Crippen LogP contribution in [0.5, 0.6) is 17.2 Å². The first-order valence-electron chi connectivity index (χ1n) is 6.77. The molecular formula is C17H19NO4. The summed E-state index contributed by atoms with van der Waals surface area (Å²) in [5.74, 6) is 1.03. The monoisotopic (exact) mass is 301 g/mol. The van der Waals surface area contributed by atoms with E-state index in [0.29, 0.717) is 28.5 Å². The van der Waals surface area contributed by atoms with Gasteiger partial charge in [-0.05, 0) is 19.1 Å². The van der Waals surface area contributed by atoms with Gasteiger partial charge in [0.25, 0.3) is 5.91 Å². The highest BCUT2D eigenvalue weighted by atomic mass is 16.5. The van der Waals surface area contributed by atoms with Crippen LogP contribution in [0.1, 0.15) is 15.9 Å². The van der Waals surface area contributed by atoms with Crippen LogP contribution < -0.4 is 19.5 Å². The molecule has 0 spiro atoms. The van der Waals surface area contributed by atoms with E-state index in [-0.39, 0.29) is 5.91 Å². The van der Waals surface area contributed by atoms with Crippen LogP contribution in [-0.4, -0.2) is 27.2 Å². The molecule has 0 heterocycles. The molecule has 0 radical (unpaired) electrons. The molecule has 2 aromatic carbocycles. The van der Waals surface area contributed by atoms with Crippen LogP contribution in [0, 0.1) is 6.92 Å². The third-order valence-electron chi connectivity index (χ3n) is 3.25. The largest absolute Gasteiger partial charge is 0.496 e. The second kappa shape index (κ2) is 6.85. The Kier molecular flexibility index (Phi) is 4.88. The Hall–Kier alpha value is -2.69. The van der Waals surface area contributed by atoms with E-state index in [9.17, 15) is 4.79 Å². The van der Waals surface area contributed by atoms with E-state index in [4.69, 9.17) is 14.2 Å². The molecule has 0 aliphatic rings. The van der Waals surface area contributed by atoms with Crippen molar-refractivity contribution in [2.45, 2.75) is 6.92 Å². The number of ether oxygens (including phenoxy) is 3. The lowest BCUT2D eigenvalue weighted by Crippen LogP contribution is -2.14. The van der Waals surface area contributed by atoms with Gasteiger partial charge in [-0.3, -0.25) is 4.79 Å². The lowest BCUT2D eigenvalue weighted by atomic mass is 10.1. The van der Waals surface area contributed by atoms with Crippen LogP contribution in [0.4, 0.5) is 5.69 Å². The maximum Gasteiger partial charge on any atom is 0.263 e. The van der Waals surface area contributed by atoms with Crippen LogP contribution in [0.2, 0.25) is 0 Å². The molecule has 0 bridgehead atoms. The van der Waals surface area contributed by atoms with Gasteiger partial charge in [-0.2, -0.15) is 0 Å². The fraction of sp³-hybridized carbons (Fsp3) is 0.235. The summed E-state index contributed by atoms with van der Waals surface area (Å²) in [6.07, 6.45) is 0. The molecule has 0 fully saturated rings. The molecule has 0 aliphatic carbocycles. The normalized spacial score (nSPS) is 10.0. The van der Waals surface area contributed by atoms with Crippen molar-refractivity contribution in [2.24, 2.45) is 0 Å². The van der Waals surface area contributed by atoms with Gasteiger partial charge in [0.2, 0.25) is 0 Å². The minimum Gasteiger partial charge on any atom is -0.496 e. The SMILES string of the molecule is COc1cc(OC)c(C(=O)Nc2ccc(C)cc2)c(OC)c1. The molecule has 0 saturated carbocycles. The number of carbonyl (C=O) groups is 1. The van der Waals surface area contributed by atoms with Gasteiger partial charge in [0.05, 0.1) is 21.3 Å². The summed E-state index contributed by atoms with van der Waals surface area (Å²) in [5, 5.41) is 2.83. The van der Waals surface area contributed by atoms with Crippen molar-refractivity contribution in [1.29, 1.82) is 0 Å². The van der Waals surface area contributed by atoms with Crippen molar-refractivity contribution in [3.63, 3.8) is 0 Å². The van der Waals surface area contributed by atoms with E-state index in [1.807, 2.05) is 31.2 Å². The Morgan fingerprint density at radius 2 is 1.45 bits per heavy atom. The lowest BCUT2D eigenvalue weighted by molar-refractivity contribution is 0.102. The first-order chi connectivity index (χ1) is 10.6. The number of carbonyl (C=O) groups excluding carboxylic acids is 1. The van der Waals surface area contributed by atoms with Crippen LogP contribution in [0.25, 0.3) is 0 Å². The average Bonchev–Trinajstić information content (AvgIpc) is 2.55. The van der Waals surface area contributed by atoms with E-state index < -0.39 is 0 Å². The van der Waals surface area contributed by atoms with E-state index in [2.05, 4.69) is 5.32 Å². The van der Waals surface area contributed by atoms with Crippen LogP contribution in [0.3, 0.4) is 0 Å². The third kappa shape index (κ3) is 3.31. The predicted octanol–water partition coefficient (Wildman–Crippen LogP) is 3.27. The van der Waals surface area contributed by atoms with Gasteiger partial charge in [-0.1, -0.05) is 17.7 Å². The van der Waals surface area contributed by atoms with E-state index in [0.717, 1.165) is 5.56 Å². The molecule has 1 amide bonds. The summed E-state index contributed by atoms with van der Waals surface area (Å²) < 4.78 is 15.7. The predicted molar refractivity (Wildman–Crippen MR) is 85.2 cm³/mol. The number of hydrogen-bond acceptors (Lipinski definition) is 4. The summed E-state index contributed by atoms with van der Waals surface area (Å²) in [5.41, 5.74) is 2.15. The Morgan fingerprint density at radius 3 is 1.91 bits per heavy atom. The number of methoxy groups -OCH3 is 3. The van der Waals surface area contributed by atoms with E-state index in [1.165, 1.54) is 14.2 Å². The standard InChI is InChI=1S/C17H19NO4/c1-11-5-7-12(8-6-11)18-17(19)16-14(21-3)9-13(20-2)10-15(16)22-4/h5-10H,1-4H3,(H,18,19). The maximum atomic E-state index is 12.5. The topological polar surface area (TPSA) is 56.8 Å². The molecule has 116 valence electrons. The fourth-order valence-corrected chi connectivity index (χ4v) is 2.06. The number of rotatable bonds is 5. The second-order valence-electron chi connectivity index (χ2n) is 4.73. The van der Waals surface area contributed by atoms with Crippen molar-refractivity contribution in [2.75, 3.05) is 26.6 Å². The third-order valence-corrected chi connectivity index (χ3v) is 3.25. The molecule has 0 atom stereocenters. The Bertz CT molecular complexity index is 640. The van der Waals surface area contributed by atoms with Gasteiger partial charge in [0.1, 0.15) is 22.8 Å². The zero-order chi connectivity index (χ0) is 16.1. The summed E-state index contributed by atoms with van der Waals surface area (Å²) in [7, 11) is 4.54. The van der Waals surface area contributed by atoms with Crippen molar-refractivity contribution in [1.82, 2.24) is 0 Å². The summed E-state index contributed by atoms with van der Waals surface area (Å²) in [6, 6.07) is 10.8. The first kappa shape index (κ1) is 15.7. The van der Waals surface area contributed by atoms with E-state index >= 15 is 0 Å². The van der Waals surface area contributed by atoms with Gasteiger partial charge in [-0.15, -0.1) is 0 Å². The van der Waals surface area contributed by atoms with E-state index in [1.54, 1.807) is 19.2 Å². The molecule has 0 aliphatic heterocycles. The first-order valence-corrected chi connectivity index (χ1v) is 6.77. The molecule has 0 unspecified atom stereocenters. The summed E-state index contributed by atoms with van der Waals surface area (Å²) >= 11 is 0. The molecular weight excluding hydrogens is 282 g/mol. The smallest absolute Gasteiger partial charge is 0.263 e. The zero-order valence-corrected chi connectivity index (χ0v) is 13.1. The highest BCUT2D eigenvalue weighted by molar-refractivity contribution is 6.08. The lowest BCUT2D eigenvalue weighted by Gasteiger charge is -2.15. The number of hydrogen-bond donors (Lipinski definition) is 1. The quantitative estimate of drug-likeness (QED) is 0.921. The molecule has 2 aromatic rings. The van der Waals surface area contributed by atoms with Crippen molar-refractivity contribution in [3.8, 4) is 17.2 Å². The molecule has 2 rings (SSSR count). The van der Waals surface area contributed by atoms with Gasteiger partial charge >= 0.3 is 0 Å². The van der Waals surface area contributed by atoms with Crippen molar-refractivity contribution < 1.29 is 19.0 Å². The molecule has 0 aromatic heterocycles. The molecule has 1 N–H and O–H groups in total. The average molecular weight is 301 g/mol. The minimum atomic E-state index is -0.305. The molecule has 0 saturated heterocycles. The second-order valence-corrected chi connectivity index (χ2v) is 4.73. The van der Waals surface area contributed by atoms with Gasteiger partial charge < -0.3 is 19.5 Å². The number of aryl methyl sites for hydroxylation is 1. The van der Waals surface area contributed by atoms with Gasteiger partial charge in [0.15, 0.2) is 0 Å². The summed E-state index contributed by atoms with van der Waals surface area (Å²) in [6.45, 7) is 1.99. The Morgan fingerprint density at radius 1 is 0.909 bits per heavy atom. The number of anilines is 1. The maximum absolute atomic E-state index is 12.5. The minimum absolute atomic E-state index is 0.305. The Balaban J connectivity index is 2.37. The van der Waals surface area contributed by atoms with Gasteiger partial charge in [0, 0.05) is 17.8 Å². The summed E-state index contributed by atoms with van der Waals surface area (Å²) in [4.78, 5) is 12.5. The molecule has 5 nitrogen and oxygen atoms in total. The zero-order valence-electron chi connectivity index (χ0n) is 13.1. The van der Waals surface area contributed by atoms with Gasteiger partial charge in [-0.25, -0.2) is 0 Å². The molecule has 5 heteroatoms. The van der Waals surface area contributed by atoms with Crippen LogP contribution in [0.15, 0.2) is 36.4 Å². The van der Waals surface area contributed by atoms with Crippen LogP contribution in [-0.2, 0) is 0 Å². The number of benzene rings is 2. The van der Waals surface area contributed by atoms with Crippen molar-refractivity contribution in [3.05, 3.63) is 47.5 Å². The van der Waals surface area contributed by atoms with Crippen LogP contribution >= 0.6 is 0 Å². The highest BCUT2D eigenvalue weighted by Gasteiger charge is 2.20.